The average Bonchev–Trinajstić information content (AvgIpc) is 2.56. The number of amides is 3. The topological polar surface area (TPSA) is 83.1 Å². The van der Waals surface area contributed by atoms with Gasteiger partial charge in [0.25, 0.3) is 0 Å². The molecular formula is C19H30N4O2. The Morgan fingerprint density at radius 1 is 1.32 bits per heavy atom. The molecule has 0 spiro atoms. The number of aryl methyl sites for hydroxylation is 1. The van der Waals surface area contributed by atoms with Gasteiger partial charge in [0.2, 0.25) is 5.91 Å². The summed E-state index contributed by atoms with van der Waals surface area (Å²) in [7, 11) is 0. The molecular weight excluding hydrogens is 316 g/mol. The normalized spacial score (nSPS) is 20.2. The van der Waals surface area contributed by atoms with Gasteiger partial charge in [0.1, 0.15) is 0 Å². The summed E-state index contributed by atoms with van der Waals surface area (Å²) in [4.78, 5) is 28.3. The van der Waals surface area contributed by atoms with Crippen LogP contribution < -0.4 is 16.0 Å². The van der Waals surface area contributed by atoms with E-state index in [0.717, 1.165) is 37.7 Å². The Labute approximate surface area is 150 Å². The van der Waals surface area contributed by atoms with Gasteiger partial charge in [-0.3, -0.25) is 9.78 Å². The number of nitrogens with one attached hydrogen (secondary N) is 3. The lowest BCUT2D eigenvalue weighted by Crippen LogP contribution is -2.47. The molecule has 0 saturated heterocycles. The molecule has 0 aliphatic heterocycles. The van der Waals surface area contributed by atoms with Crippen LogP contribution in [0.1, 0.15) is 50.7 Å². The van der Waals surface area contributed by atoms with Crippen LogP contribution in [0.25, 0.3) is 0 Å². The zero-order chi connectivity index (χ0) is 18.2. The summed E-state index contributed by atoms with van der Waals surface area (Å²) >= 11 is 0. The van der Waals surface area contributed by atoms with E-state index >= 15 is 0 Å². The highest BCUT2D eigenvalue weighted by Gasteiger charge is 2.28. The number of aromatic nitrogens is 1. The van der Waals surface area contributed by atoms with Crippen molar-refractivity contribution in [1.29, 1.82) is 0 Å². The van der Waals surface area contributed by atoms with Crippen molar-refractivity contribution in [1.82, 2.24) is 20.9 Å². The molecule has 3 N–H and O–H groups in total. The van der Waals surface area contributed by atoms with E-state index < -0.39 is 0 Å². The number of hydrogen-bond acceptors (Lipinski definition) is 3. The van der Waals surface area contributed by atoms with Crippen molar-refractivity contribution in [3.8, 4) is 0 Å². The van der Waals surface area contributed by atoms with Crippen molar-refractivity contribution >= 4 is 11.9 Å². The Morgan fingerprint density at radius 2 is 2.12 bits per heavy atom. The van der Waals surface area contributed by atoms with Crippen molar-refractivity contribution in [2.75, 3.05) is 6.54 Å². The zero-order valence-electron chi connectivity index (χ0n) is 15.5. The van der Waals surface area contributed by atoms with Crippen molar-refractivity contribution < 1.29 is 9.59 Å². The standard InChI is InChI=1S/C19H30N4O2/c1-13(2)22-18(24)16-5-4-6-17(11-16)23-19(25)21-10-8-15-7-9-20-12-14(15)3/h7,9,12-13,16-17H,4-6,8,10-11H2,1-3H3,(H,22,24)(H2,21,23,25). The maximum atomic E-state index is 12.2. The Kier molecular flexibility index (Phi) is 7.22. The van der Waals surface area contributed by atoms with Gasteiger partial charge in [0.15, 0.2) is 0 Å². The van der Waals surface area contributed by atoms with E-state index in [4.69, 9.17) is 0 Å². The molecule has 0 aromatic carbocycles. The van der Waals surface area contributed by atoms with Gasteiger partial charge in [-0.25, -0.2) is 4.79 Å². The third kappa shape index (κ3) is 6.36. The van der Waals surface area contributed by atoms with Crippen molar-refractivity contribution in [3.05, 3.63) is 29.6 Å². The fraction of sp³-hybridized carbons (Fsp3) is 0.632. The minimum Gasteiger partial charge on any atom is -0.354 e. The Balaban J connectivity index is 1.72. The first-order valence-corrected chi connectivity index (χ1v) is 9.20. The molecule has 2 atom stereocenters. The smallest absolute Gasteiger partial charge is 0.315 e. The molecule has 2 unspecified atom stereocenters. The fourth-order valence-corrected chi connectivity index (χ4v) is 3.29. The van der Waals surface area contributed by atoms with E-state index in [2.05, 4.69) is 20.9 Å². The number of carbonyl (C=O) groups is 2. The van der Waals surface area contributed by atoms with Crippen molar-refractivity contribution in [2.24, 2.45) is 5.92 Å². The van der Waals surface area contributed by atoms with Gasteiger partial charge < -0.3 is 16.0 Å². The molecule has 1 heterocycles. The predicted molar refractivity (Wildman–Crippen MR) is 98.2 cm³/mol. The summed E-state index contributed by atoms with van der Waals surface area (Å²) in [5.41, 5.74) is 2.33. The van der Waals surface area contributed by atoms with Crippen LogP contribution in [0, 0.1) is 12.8 Å². The first-order valence-electron chi connectivity index (χ1n) is 9.20. The van der Waals surface area contributed by atoms with Crippen molar-refractivity contribution in [2.45, 2.75) is 65.0 Å². The number of rotatable bonds is 6. The minimum absolute atomic E-state index is 0.000850. The van der Waals surface area contributed by atoms with E-state index in [1.807, 2.05) is 33.0 Å². The molecule has 6 nitrogen and oxygen atoms in total. The number of pyridine rings is 1. The van der Waals surface area contributed by atoms with Gasteiger partial charge in [-0.2, -0.15) is 0 Å². The summed E-state index contributed by atoms with van der Waals surface area (Å²) < 4.78 is 0. The number of hydrogen-bond donors (Lipinski definition) is 3. The first kappa shape index (κ1) is 19.2. The van der Waals surface area contributed by atoms with Gasteiger partial charge in [-0.05, 0) is 63.6 Å². The summed E-state index contributed by atoms with van der Waals surface area (Å²) in [6.07, 6.45) is 7.91. The highest BCUT2D eigenvalue weighted by molar-refractivity contribution is 5.79. The highest BCUT2D eigenvalue weighted by Crippen LogP contribution is 2.24. The lowest BCUT2D eigenvalue weighted by Gasteiger charge is -2.29. The van der Waals surface area contributed by atoms with Crippen LogP contribution >= 0.6 is 0 Å². The second-order valence-electron chi connectivity index (χ2n) is 7.18. The fourth-order valence-electron chi connectivity index (χ4n) is 3.29. The molecule has 0 bridgehead atoms. The Hall–Kier alpha value is -2.11. The maximum Gasteiger partial charge on any atom is 0.315 e. The minimum atomic E-state index is -0.151. The molecule has 1 fully saturated rings. The quantitative estimate of drug-likeness (QED) is 0.739. The van der Waals surface area contributed by atoms with Gasteiger partial charge in [-0.15, -0.1) is 0 Å². The van der Waals surface area contributed by atoms with E-state index in [1.54, 1.807) is 6.20 Å². The third-order valence-corrected chi connectivity index (χ3v) is 4.63. The highest BCUT2D eigenvalue weighted by atomic mass is 16.2. The van der Waals surface area contributed by atoms with Crippen LogP contribution in [-0.2, 0) is 11.2 Å². The third-order valence-electron chi connectivity index (χ3n) is 4.63. The molecule has 2 rings (SSSR count). The summed E-state index contributed by atoms with van der Waals surface area (Å²) in [6.45, 7) is 6.54. The van der Waals surface area contributed by atoms with E-state index in [9.17, 15) is 9.59 Å². The second-order valence-corrected chi connectivity index (χ2v) is 7.18. The molecule has 1 aliphatic carbocycles. The Bertz CT molecular complexity index is 589. The SMILES string of the molecule is Cc1cnccc1CCNC(=O)NC1CCCC(C(=O)NC(C)C)C1. The van der Waals surface area contributed by atoms with E-state index in [1.165, 1.54) is 5.56 Å². The van der Waals surface area contributed by atoms with E-state index in [0.29, 0.717) is 6.54 Å². The number of urea groups is 1. The molecule has 1 saturated carbocycles. The molecule has 1 aliphatic rings. The molecule has 6 heteroatoms. The molecule has 3 amide bonds. The van der Waals surface area contributed by atoms with Gasteiger partial charge in [0, 0.05) is 36.9 Å². The van der Waals surface area contributed by atoms with Crippen LogP contribution in [0.3, 0.4) is 0 Å². The Morgan fingerprint density at radius 3 is 2.84 bits per heavy atom. The predicted octanol–water partition coefficient (Wildman–Crippen LogP) is 2.32. The van der Waals surface area contributed by atoms with Gasteiger partial charge >= 0.3 is 6.03 Å². The lowest BCUT2D eigenvalue weighted by atomic mass is 9.85. The van der Waals surface area contributed by atoms with Crippen LogP contribution in [0.15, 0.2) is 18.5 Å². The summed E-state index contributed by atoms with van der Waals surface area (Å²) in [5, 5.41) is 8.90. The molecule has 1 aromatic rings. The molecule has 1 aromatic heterocycles. The molecule has 0 radical (unpaired) electrons. The average molecular weight is 346 g/mol. The monoisotopic (exact) mass is 346 g/mol. The summed E-state index contributed by atoms with van der Waals surface area (Å²) in [6, 6.07) is 2.05. The molecule has 138 valence electrons. The van der Waals surface area contributed by atoms with Crippen LogP contribution in [-0.4, -0.2) is 35.6 Å². The van der Waals surface area contributed by atoms with Crippen LogP contribution in [0.5, 0.6) is 0 Å². The second kappa shape index (κ2) is 9.39. The zero-order valence-corrected chi connectivity index (χ0v) is 15.5. The van der Waals surface area contributed by atoms with E-state index in [-0.39, 0.29) is 29.9 Å². The van der Waals surface area contributed by atoms with Gasteiger partial charge in [-0.1, -0.05) is 6.42 Å². The maximum absolute atomic E-state index is 12.2. The lowest BCUT2D eigenvalue weighted by molar-refractivity contribution is -0.126. The summed E-state index contributed by atoms with van der Waals surface area (Å²) in [5.74, 6) is 0.107. The number of carbonyl (C=O) groups excluding carboxylic acids is 2. The molecule has 25 heavy (non-hydrogen) atoms. The first-order chi connectivity index (χ1) is 12.0. The number of nitrogens with zero attached hydrogens (tertiary/aromatic N) is 1. The van der Waals surface area contributed by atoms with Gasteiger partial charge in [0.05, 0.1) is 0 Å². The van der Waals surface area contributed by atoms with Crippen LogP contribution in [0.4, 0.5) is 4.79 Å². The van der Waals surface area contributed by atoms with Crippen molar-refractivity contribution in [3.63, 3.8) is 0 Å². The largest absolute Gasteiger partial charge is 0.354 e. The van der Waals surface area contributed by atoms with Crippen LogP contribution in [0.2, 0.25) is 0 Å².